The highest BCUT2D eigenvalue weighted by Gasteiger charge is 2.66. The lowest BCUT2D eigenvalue weighted by Gasteiger charge is -2.55. The van der Waals surface area contributed by atoms with Crippen LogP contribution < -0.4 is 5.32 Å². The van der Waals surface area contributed by atoms with Crippen molar-refractivity contribution in [3.8, 4) is 0 Å². The third kappa shape index (κ3) is 1.03. The number of hydrogen-bond donors (Lipinski definition) is 6. The van der Waals surface area contributed by atoms with Gasteiger partial charge in [0.15, 0.2) is 23.3 Å². The van der Waals surface area contributed by atoms with Gasteiger partial charge < -0.3 is 40.3 Å². The summed E-state index contributed by atoms with van der Waals surface area (Å²) in [5.74, 6) is -2.77. The van der Waals surface area contributed by atoms with E-state index in [2.05, 4.69) is 10.3 Å². The summed E-state index contributed by atoms with van der Waals surface area (Å²) in [6, 6.07) is -1.04. The highest BCUT2D eigenvalue weighted by molar-refractivity contribution is 5.98. The molecule has 0 aromatic rings. The lowest BCUT2D eigenvalue weighted by atomic mass is 9.77. The molecule has 9 heteroatoms. The summed E-state index contributed by atoms with van der Waals surface area (Å²) in [6.07, 6.45) is -2.07. The highest BCUT2D eigenvalue weighted by atomic mass is 16.9. The Kier molecular flexibility index (Phi) is 1.66. The van der Waals surface area contributed by atoms with Gasteiger partial charge in [0.2, 0.25) is 6.10 Å². The minimum atomic E-state index is -2.31. The number of rotatable bonds is 0. The summed E-state index contributed by atoms with van der Waals surface area (Å²) in [4.78, 5) is 3.98. The van der Waals surface area contributed by atoms with Crippen molar-refractivity contribution in [1.82, 2.24) is 5.32 Å². The molecule has 6 aliphatic rings. The number of aliphatic hydroxyl groups is 5. The maximum absolute atomic E-state index is 10.3. The van der Waals surface area contributed by atoms with E-state index in [4.69, 9.17) is 9.47 Å². The molecule has 6 aliphatic heterocycles. The third-order valence-electron chi connectivity index (χ3n) is 3.67. The van der Waals surface area contributed by atoms with Crippen LogP contribution in [0.4, 0.5) is 0 Å². The van der Waals surface area contributed by atoms with Crippen LogP contribution in [0.15, 0.2) is 28.3 Å². The van der Waals surface area contributed by atoms with Crippen LogP contribution >= 0.6 is 0 Å². The normalized spacial score (nSPS) is 56.3. The molecule has 102 valence electrons. The molecule has 4 bridgehead atoms. The first-order valence-corrected chi connectivity index (χ1v) is 5.54. The van der Waals surface area contributed by atoms with Crippen LogP contribution in [-0.4, -0.2) is 61.3 Å². The van der Waals surface area contributed by atoms with E-state index in [9.17, 15) is 25.5 Å². The second-order valence-electron chi connectivity index (χ2n) is 4.78. The van der Waals surface area contributed by atoms with E-state index in [0.717, 1.165) is 6.26 Å². The first-order valence-electron chi connectivity index (χ1n) is 5.54. The van der Waals surface area contributed by atoms with Crippen molar-refractivity contribution in [1.29, 1.82) is 0 Å². The third-order valence-corrected chi connectivity index (χ3v) is 3.67. The molecule has 0 aromatic heterocycles. The van der Waals surface area contributed by atoms with Crippen molar-refractivity contribution >= 4 is 5.84 Å². The Bertz CT molecular complexity index is 584. The molecule has 2 fully saturated rings. The lowest BCUT2D eigenvalue weighted by molar-refractivity contribution is -0.419. The zero-order valence-electron chi connectivity index (χ0n) is 9.31. The Morgan fingerprint density at radius 1 is 1.26 bits per heavy atom. The van der Waals surface area contributed by atoms with Gasteiger partial charge in [0, 0.05) is 0 Å². The Morgan fingerprint density at radius 3 is 2.63 bits per heavy atom. The summed E-state index contributed by atoms with van der Waals surface area (Å²) >= 11 is 0. The van der Waals surface area contributed by atoms with E-state index < -0.39 is 29.9 Å². The lowest BCUT2D eigenvalue weighted by Crippen LogP contribution is -2.79. The summed E-state index contributed by atoms with van der Waals surface area (Å²) < 4.78 is 9.66. The number of nitrogens with one attached hydrogen (secondary N) is 1. The Hall–Kier alpha value is -1.81. The molecule has 9 nitrogen and oxygen atoms in total. The monoisotopic (exact) mass is 270 g/mol. The molecule has 5 atom stereocenters. The number of amidine groups is 1. The molecule has 0 spiro atoms. The first-order chi connectivity index (χ1) is 8.87. The zero-order chi connectivity index (χ0) is 13.6. The number of aliphatic imine (C=N–C) groups is 1. The SMILES string of the molecule is O/C1=C/OC2(O)O/C(=C3\C1N=C1NC3(O)C1O)C2O. The molecule has 0 radical (unpaired) electrons. The Labute approximate surface area is 105 Å². The van der Waals surface area contributed by atoms with Crippen molar-refractivity contribution in [2.45, 2.75) is 29.9 Å². The summed E-state index contributed by atoms with van der Waals surface area (Å²) in [6.45, 7) is 0. The molecule has 5 unspecified atom stereocenters. The van der Waals surface area contributed by atoms with E-state index >= 15 is 0 Å². The van der Waals surface area contributed by atoms with Gasteiger partial charge in [0.25, 0.3) is 0 Å². The maximum Gasteiger partial charge on any atom is 0.404 e. The Balaban J connectivity index is 1.93. The molecule has 0 amide bonds. The molecule has 6 heterocycles. The van der Waals surface area contributed by atoms with Gasteiger partial charge in [-0.05, 0) is 0 Å². The van der Waals surface area contributed by atoms with Crippen LogP contribution in [0.25, 0.3) is 0 Å². The number of hydrogen-bond acceptors (Lipinski definition) is 9. The largest absolute Gasteiger partial charge is 0.507 e. The fourth-order valence-corrected chi connectivity index (χ4v) is 2.60. The predicted octanol–water partition coefficient (Wildman–Crippen LogP) is -2.86. The van der Waals surface area contributed by atoms with E-state index in [1.54, 1.807) is 0 Å². The molecule has 6 rings (SSSR count). The van der Waals surface area contributed by atoms with E-state index in [1.807, 2.05) is 0 Å². The topological polar surface area (TPSA) is 144 Å². The number of ether oxygens (including phenoxy) is 2. The molecular weight excluding hydrogens is 260 g/mol. The number of nitrogens with zero attached hydrogens (tertiary/aromatic N) is 1. The second-order valence-corrected chi connectivity index (χ2v) is 4.78. The number of fused-ring (bicyclic) bond motifs is 1. The van der Waals surface area contributed by atoms with Gasteiger partial charge in [0.05, 0.1) is 5.57 Å². The predicted molar refractivity (Wildman–Crippen MR) is 56.2 cm³/mol. The standard InChI is InChI=1S/C10H10N2O7/c13-2-1-18-10(17)6(14)5(19-10)3-4(2)11-8-7(15)9(3,16)12-8/h1,4,6-7,13-17H,(H,11,12)/b2-1+,5-3+. The molecule has 0 aliphatic carbocycles. The van der Waals surface area contributed by atoms with Crippen molar-refractivity contribution in [3.63, 3.8) is 0 Å². The van der Waals surface area contributed by atoms with E-state index in [-0.39, 0.29) is 22.9 Å². The van der Waals surface area contributed by atoms with Gasteiger partial charge in [0.1, 0.15) is 18.1 Å². The van der Waals surface area contributed by atoms with E-state index in [1.165, 1.54) is 0 Å². The van der Waals surface area contributed by atoms with Gasteiger partial charge in [-0.1, -0.05) is 0 Å². The molecule has 0 aromatic carbocycles. The smallest absolute Gasteiger partial charge is 0.404 e. The van der Waals surface area contributed by atoms with Crippen molar-refractivity contribution in [2.24, 2.45) is 4.99 Å². The molecule has 19 heavy (non-hydrogen) atoms. The quantitative estimate of drug-likeness (QED) is 0.276. The molecular formula is C10H10N2O7. The minimum Gasteiger partial charge on any atom is -0.507 e. The van der Waals surface area contributed by atoms with Gasteiger partial charge in [-0.15, -0.1) is 0 Å². The summed E-state index contributed by atoms with van der Waals surface area (Å²) in [5.41, 5.74) is -1.94. The van der Waals surface area contributed by atoms with Crippen LogP contribution in [0.2, 0.25) is 0 Å². The van der Waals surface area contributed by atoms with Crippen LogP contribution in [0, 0.1) is 0 Å². The molecule has 6 N–H and O–H groups in total. The van der Waals surface area contributed by atoms with Crippen molar-refractivity contribution in [3.05, 3.63) is 23.4 Å². The average Bonchev–Trinajstić information content (AvgIpc) is 2.39. The average molecular weight is 270 g/mol. The van der Waals surface area contributed by atoms with Crippen molar-refractivity contribution in [2.75, 3.05) is 0 Å². The van der Waals surface area contributed by atoms with Gasteiger partial charge in [-0.2, -0.15) is 0 Å². The van der Waals surface area contributed by atoms with E-state index in [0.29, 0.717) is 0 Å². The molecule has 0 saturated carbocycles. The fraction of sp³-hybridized carbons (Fsp3) is 0.500. The van der Waals surface area contributed by atoms with Crippen molar-refractivity contribution < 1.29 is 35.0 Å². The van der Waals surface area contributed by atoms with Crippen LogP contribution in [0.3, 0.4) is 0 Å². The molecule has 2 saturated heterocycles. The highest BCUT2D eigenvalue weighted by Crippen LogP contribution is 2.48. The fourth-order valence-electron chi connectivity index (χ4n) is 2.60. The Morgan fingerprint density at radius 2 is 2.00 bits per heavy atom. The van der Waals surface area contributed by atoms with Gasteiger partial charge in [-0.3, -0.25) is 4.99 Å². The minimum absolute atomic E-state index is 0.0516. The van der Waals surface area contributed by atoms with Crippen LogP contribution in [0.1, 0.15) is 0 Å². The summed E-state index contributed by atoms with van der Waals surface area (Å²) in [5, 5.41) is 51.9. The maximum atomic E-state index is 10.3. The summed E-state index contributed by atoms with van der Waals surface area (Å²) in [7, 11) is 0. The first kappa shape index (κ1) is 11.1. The van der Waals surface area contributed by atoms with Crippen LogP contribution in [-0.2, 0) is 9.47 Å². The van der Waals surface area contributed by atoms with Gasteiger partial charge in [-0.25, -0.2) is 0 Å². The second kappa shape index (κ2) is 2.85. The number of aliphatic hydroxyl groups excluding tert-OH is 3. The van der Waals surface area contributed by atoms with Crippen LogP contribution in [0.5, 0.6) is 0 Å². The van der Waals surface area contributed by atoms with Gasteiger partial charge >= 0.3 is 5.97 Å². The zero-order valence-corrected chi connectivity index (χ0v) is 9.31.